The largest absolute Gasteiger partial charge is 0.493 e. The lowest BCUT2D eigenvalue weighted by molar-refractivity contribution is -0.117. The van der Waals surface area contributed by atoms with Crippen LogP contribution >= 0.6 is 0 Å². The average Bonchev–Trinajstić information content (AvgIpc) is 3.40. The molecule has 1 aliphatic rings. The SMILES string of the molecule is CCCCCOc1cc(C(=O)NC(Cc2ccccc2)C(O)CN(CCC)CCCC)cc(N2CCCC2=O)c1. The first-order valence-electron chi connectivity index (χ1n) is 15.3. The standard InChI is InChI=1S/C33H49N3O4/c1-4-7-12-20-40-29-23-27(22-28(24-29)36-19-13-16-32(36)38)33(39)34-30(21-26-14-10-9-11-15-26)31(37)25-35(17-6-3)18-8-5-2/h9-11,14-15,22-24,30-31,37H,4-8,12-13,16-21,25H2,1-3H3,(H,34,39). The molecule has 1 heterocycles. The molecule has 0 saturated carbocycles. The highest BCUT2D eigenvalue weighted by Gasteiger charge is 2.27. The van der Waals surface area contributed by atoms with Crippen molar-refractivity contribution in [3.63, 3.8) is 0 Å². The van der Waals surface area contributed by atoms with Crippen LogP contribution in [0.25, 0.3) is 0 Å². The summed E-state index contributed by atoms with van der Waals surface area (Å²) in [6.07, 6.45) is 7.39. The fourth-order valence-corrected chi connectivity index (χ4v) is 5.20. The molecule has 2 unspecified atom stereocenters. The molecule has 2 atom stereocenters. The average molecular weight is 552 g/mol. The lowest BCUT2D eigenvalue weighted by Crippen LogP contribution is -2.49. The topological polar surface area (TPSA) is 82.1 Å². The molecule has 1 saturated heterocycles. The van der Waals surface area contributed by atoms with Crippen LogP contribution in [0.3, 0.4) is 0 Å². The first kappa shape index (κ1) is 31.6. The molecule has 40 heavy (non-hydrogen) atoms. The highest BCUT2D eigenvalue weighted by atomic mass is 16.5. The van der Waals surface area contributed by atoms with Crippen molar-refractivity contribution < 1.29 is 19.4 Å². The smallest absolute Gasteiger partial charge is 0.251 e. The fourth-order valence-electron chi connectivity index (χ4n) is 5.20. The van der Waals surface area contributed by atoms with Crippen molar-refractivity contribution in [3.8, 4) is 5.75 Å². The van der Waals surface area contributed by atoms with Gasteiger partial charge in [0.2, 0.25) is 5.91 Å². The number of carbonyl (C=O) groups excluding carboxylic acids is 2. The lowest BCUT2D eigenvalue weighted by atomic mass is 9.99. The molecule has 1 aliphatic heterocycles. The summed E-state index contributed by atoms with van der Waals surface area (Å²) in [5.41, 5.74) is 2.18. The molecule has 2 aromatic rings. The van der Waals surface area contributed by atoms with Crippen LogP contribution in [0.2, 0.25) is 0 Å². The number of amides is 2. The van der Waals surface area contributed by atoms with Gasteiger partial charge < -0.3 is 25.0 Å². The monoisotopic (exact) mass is 551 g/mol. The molecular formula is C33H49N3O4. The van der Waals surface area contributed by atoms with Gasteiger partial charge in [-0.05, 0) is 62.9 Å². The molecular weight excluding hydrogens is 502 g/mol. The number of benzene rings is 2. The first-order valence-corrected chi connectivity index (χ1v) is 15.3. The Morgan fingerprint density at radius 3 is 2.48 bits per heavy atom. The van der Waals surface area contributed by atoms with E-state index in [4.69, 9.17) is 4.74 Å². The number of hydrogen-bond donors (Lipinski definition) is 2. The maximum atomic E-state index is 13.7. The minimum atomic E-state index is -0.735. The summed E-state index contributed by atoms with van der Waals surface area (Å²) < 4.78 is 6.03. The molecule has 0 aliphatic carbocycles. The molecule has 2 N–H and O–H groups in total. The summed E-state index contributed by atoms with van der Waals surface area (Å²) in [6.45, 7) is 10.0. The zero-order valence-corrected chi connectivity index (χ0v) is 24.7. The predicted octanol–water partition coefficient (Wildman–Crippen LogP) is 5.60. The maximum Gasteiger partial charge on any atom is 0.251 e. The van der Waals surface area contributed by atoms with Crippen LogP contribution in [0.1, 0.15) is 88.1 Å². The van der Waals surface area contributed by atoms with E-state index >= 15 is 0 Å². The van der Waals surface area contributed by atoms with Crippen molar-refractivity contribution in [2.45, 2.75) is 90.7 Å². The van der Waals surface area contributed by atoms with Crippen molar-refractivity contribution in [1.82, 2.24) is 10.2 Å². The third-order valence-electron chi connectivity index (χ3n) is 7.45. The van der Waals surface area contributed by atoms with Gasteiger partial charge in [0, 0.05) is 36.8 Å². The molecule has 220 valence electrons. The van der Waals surface area contributed by atoms with E-state index in [1.54, 1.807) is 17.0 Å². The van der Waals surface area contributed by atoms with Gasteiger partial charge in [0.05, 0.1) is 18.8 Å². The van der Waals surface area contributed by atoms with Gasteiger partial charge in [0.1, 0.15) is 5.75 Å². The highest BCUT2D eigenvalue weighted by molar-refractivity contribution is 5.99. The van der Waals surface area contributed by atoms with Gasteiger partial charge in [-0.25, -0.2) is 0 Å². The number of ether oxygens (including phenoxy) is 1. The summed E-state index contributed by atoms with van der Waals surface area (Å²) in [4.78, 5) is 30.3. The summed E-state index contributed by atoms with van der Waals surface area (Å²) in [7, 11) is 0. The number of aliphatic hydroxyl groups excluding tert-OH is 1. The van der Waals surface area contributed by atoms with Crippen molar-refractivity contribution in [1.29, 1.82) is 0 Å². The molecule has 1 fully saturated rings. The second kappa shape index (κ2) is 17.0. The molecule has 3 rings (SSSR count). The second-order valence-corrected chi connectivity index (χ2v) is 10.9. The number of anilines is 1. The molecule has 0 radical (unpaired) electrons. The van der Waals surface area contributed by atoms with Gasteiger partial charge in [-0.2, -0.15) is 0 Å². The van der Waals surface area contributed by atoms with Crippen LogP contribution in [-0.2, 0) is 11.2 Å². The number of unbranched alkanes of at least 4 members (excludes halogenated alkanes) is 3. The summed E-state index contributed by atoms with van der Waals surface area (Å²) in [5, 5.41) is 14.6. The Kier molecular flexibility index (Phi) is 13.5. The van der Waals surface area contributed by atoms with Crippen molar-refractivity contribution in [2.75, 3.05) is 37.7 Å². The Morgan fingerprint density at radius 1 is 1.02 bits per heavy atom. The van der Waals surface area contributed by atoms with E-state index in [0.717, 1.165) is 63.6 Å². The van der Waals surface area contributed by atoms with Crippen LogP contribution in [-0.4, -0.2) is 66.8 Å². The third kappa shape index (κ3) is 9.93. The number of nitrogens with one attached hydrogen (secondary N) is 1. The Labute approximate surface area is 240 Å². The number of rotatable bonds is 18. The van der Waals surface area contributed by atoms with Crippen molar-refractivity contribution in [3.05, 3.63) is 59.7 Å². The molecule has 2 aromatic carbocycles. The molecule has 2 amide bonds. The molecule has 0 aromatic heterocycles. The van der Waals surface area contributed by atoms with Crippen molar-refractivity contribution >= 4 is 17.5 Å². The minimum absolute atomic E-state index is 0.0648. The number of carbonyl (C=O) groups is 2. The van der Waals surface area contributed by atoms with Crippen LogP contribution in [0.15, 0.2) is 48.5 Å². The number of nitrogens with zero attached hydrogens (tertiary/aromatic N) is 2. The minimum Gasteiger partial charge on any atom is -0.493 e. The van der Waals surface area contributed by atoms with Gasteiger partial charge in [0.25, 0.3) is 5.91 Å². The highest BCUT2D eigenvalue weighted by Crippen LogP contribution is 2.28. The Morgan fingerprint density at radius 2 is 1.80 bits per heavy atom. The fraction of sp³-hybridized carbons (Fsp3) is 0.576. The van der Waals surface area contributed by atoms with E-state index in [1.165, 1.54) is 0 Å². The number of aliphatic hydroxyl groups is 1. The van der Waals surface area contributed by atoms with Gasteiger partial charge in [-0.1, -0.05) is 70.4 Å². The zero-order valence-electron chi connectivity index (χ0n) is 24.7. The summed E-state index contributed by atoms with van der Waals surface area (Å²) in [6, 6.07) is 14.9. The van der Waals surface area contributed by atoms with Gasteiger partial charge in [0.15, 0.2) is 0 Å². The maximum absolute atomic E-state index is 13.7. The van der Waals surface area contributed by atoms with Gasteiger partial charge in [-0.3, -0.25) is 9.59 Å². The summed E-state index contributed by atoms with van der Waals surface area (Å²) in [5.74, 6) is 0.379. The Bertz CT molecular complexity index is 1050. The normalized spacial score (nSPS) is 14.9. The zero-order chi connectivity index (χ0) is 28.7. The van der Waals surface area contributed by atoms with Crippen LogP contribution in [0, 0.1) is 0 Å². The van der Waals surface area contributed by atoms with E-state index < -0.39 is 12.1 Å². The first-order chi connectivity index (χ1) is 19.4. The molecule has 0 spiro atoms. The van der Waals surface area contributed by atoms with Crippen molar-refractivity contribution in [2.24, 2.45) is 0 Å². The lowest BCUT2D eigenvalue weighted by Gasteiger charge is -2.30. The number of hydrogen-bond acceptors (Lipinski definition) is 5. The summed E-state index contributed by atoms with van der Waals surface area (Å²) >= 11 is 0. The van der Waals surface area contributed by atoms with Crippen LogP contribution < -0.4 is 15.0 Å². The third-order valence-corrected chi connectivity index (χ3v) is 7.45. The Balaban J connectivity index is 1.83. The van der Waals surface area contributed by atoms with Gasteiger partial charge in [-0.15, -0.1) is 0 Å². The second-order valence-electron chi connectivity index (χ2n) is 10.9. The van der Waals surface area contributed by atoms with E-state index in [-0.39, 0.29) is 11.8 Å². The van der Waals surface area contributed by atoms with Gasteiger partial charge >= 0.3 is 0 Å². The molecule has 7 nitrogen and oxygen atoms in total. The van der Waals surface area contributed by atoms with E-state index in [9.17, 15) is 14.7 Å². The molecule has 0 bridgehead atoms. The predicted molar refractivity (Wildman–Crippen MR) is 162 cm³/mol. The van der Waals surface area contributed by atoms with Crippen LogP contribution in [0.4, 0.5) is 5.69 Å². The Hall–Kier alpha value is -2.90. The quantitative estimate of drug-likeness (QED) is 0.236. The van der Waals surface area contributed by atoms with E-state index in [2.05, 4.69) is 31.0 Å². The van der Waals surface area contributed by atoms with Crippen LogP contribution in [0.5, 0.6) is 5.75 Å². The molecule has 7 heteroatoms. The van der Waals surface area contributed by atoms with E-state index in [1.807, 2.05) is 36.4 Å². The van der Waals surface area contributed by atoms with E-state index in [0.29, 0.717) is 49.5 Å².